The third kappa shape index (κ3) is 2.98. The fourth-order valence-corrected chi connectivity index (χ4v) is 2.92. The van der Waals surface area contributed by atoms with Gasteiger partial charge in [0.05, 0.1) is 11.4 Å². The van der Waals surface area contributed by atoms with Gasteiger partial charge in [-0.1, -0.05) is 12.1 Å². The highest BCUT2D eigenvalue weighted by Gasteiger charge is 2.23. The van der Waals surface area contributed by atoms with Crippen molar-refractivity contribution in [3.05, 3.63) is 41.9 Å². The molecule has 0 saturated carbocycles. The zero-order chi connectivity index (χ0) is 17.4. The zero-order valence-corrected chi connectivity index (χ0v) is 14.2. The number of fused-ring (bicyclic) bond motifs is 1. The Morgan fingerprint density at radius 3 is 2.76 bits per heavy atom. The summed E-state index contributed by atoms with van der Waals surface area (Å²) in [6.07, 6.45) is 3.34. The van der Waals surface area contributed by atoms with E-state index < -0.39 is 0 Å². The average molecular weight is 337 g/mol. The molecule has 7 nitrogen and oxygen atoms in total. The standard InChI is InChI=1S/C18H19N5O2/c1-11-12(2)23-10-15(20-18(23)22-21-11)13-5-7-14(8-6-13)19-17(24)16-4-3-9-25-16/h5-8,10,16H,3-4,9H2,1-2H3,(H,19,24). The molecule has 1 N–H and O–H groups in total. The number of nitrogens with one attached hydrogen (secondary N) is 1. The van der Waals surface area contributed by atoms with Crippen molar-refractivity contribution in [3.63, 3.8) is 0 Å². The van der Waals surface area contributed by atoms with Crippen LogP contribution in [0.1, 0.15) is 24.2 Å². The fraction of sp³-hybridized carbons (Fsp3) is 0.333. The molecule has 0 aliphatic carbocycles. The van der Waals surface area contributed by atoms with Crippen molar-refractivity contribution in [1.29, 1.82) is 0 Å². The molecule has 1 aromatic carbocycles. The molecule has 1 amide bonds. The van der Waals surface area contributed by atoms with Crippen molar-refractivity contribution < 1.29 is 9.53 Å². The second-order valence-electron chi connectivity index (χ2n) is 6.24. The number of hydrogen-bond acceptors (Lipinski definition) is 5. The molecule has 25 heavy (non-hydrogen) atoms. The fourth-order valence-electron chi connectivity index (χ4n) is 2.92. The second-order valence-corrected chi connectivity index (χ2v) is 6.24. The number of carbonyl (C=O) groups is 1. The maximum absolute atomic E-state index is 12.1. The van der Waals surface area contributed by atoms with Gasteiger partial charge in [-0.3, -0.25) is 9.20 Å². The van der Waals surface area contributed by atoms with Gasteiger partial charge in [-0.05, 0) is 38.8 Å². The summed E-state index contributed by atoms with van der Waals surface area (Å²) < 4.78 is 7.33. The molecule has 0 bridgehead atoms. The summed E-state index contributed by atoms with van der Waals surface area (Å²) in [6.45, 7) is 4.58. The van der Waals surface area contributed by atoms with Crippen LogP contribution < -0.4 is 5.32 Å². The number of rotatable bonds is 3. The molecule has 1 atom stereocenters. The van der Waals surface area contributed by atoms with Crippen molar-refractivity contribution in [2.24, 2.45) is 0 Å². The maximum Gasteiger partial charge on any atom is 0.254 e. The number of amides is 1. The Kier molecular flexibility index (Phi) is 3.93. The number of nitrogens with zero attached hydrogens (tertiary/aromatic N) is 4. The maximum atomic E-state index is 12.1. The minimum Gasteiger partial charge on any atom is -0.368 e. The molecule has 1 aliphatic rings. The summed E-state index contributed by atoms with van der Waals surface area (Å²) in [5.74, 6) is 0.494. The topological polar surface area (TPSA) is 81.4 Å². The normalized spacial score (nSPS) is 17.1. The number of aromatic nitrogens is 4. The van der Waals surface area contributed by atoms with E-state index >= 15 is 0 Å². The molecule has 0 radical (unpaired) electrons. The van der Waals surface area contributed by atoms with E-state index in [0.717, 1.165) is 41.2 Å². The average Bonchev–Trinajstić information content (AvgIpc) is 3.29. The minimum absolute atomic E-state index is 0.0839. The third-order valence-electron chi connectivity index (χ3n) is 4.53. The Morgan fingerprint density at radius 1 is 1.24 bits per heavy atom. The van der Waals surface area contributed by atoms with Gasteiger partial charge in [0.2, 0.25) is 0 Å². The van der Waals surface area contributed by atoms with E-state index in [0.29, 0.717) is 12.4 Å². The Labute approximate surface area is 145 Å². The molecule has 0 spiro atoms. The van der Waals surface area contributed by atoms with Gasteiger partial charge in [-0.15, -0.1) is 5.10 Å². The highest BCUT2D eigenvalue weighted by Crippen LogP contribution is 2.22. The predicted molar refractivity (Wildman–Crippen MR) is 93.3 cm³/mol. The van der Waals surface area contributed by atoms with E-state index in [1.807, 2.05) is 48.7 Å². The molecule has 1 aliphatic heterocycles. The van der Waals surface area contributed by atoms with Crippen molar-refractivity contribution in [2.45, 2.75) is 32.8 Å². The van der Waals surface area contributed by atoms with E-state index in [1.54, 1.807) is 0 Å². The first kappa shape index (κ1) is 15.7. The summed E-state index contributed by atoms with van der Waals surface area (Å²) in [6, 6.07) is 7.61. The summed E-state index contributed by atoms with van der Waals surface area (Å²) in [5.41, 5.74) is 4.42. The van der Waals surface area contributed by atoms with Crippen LogP contribution in [-0.4, -0.2) is 38.2 Å². The molecule has 128 valence electrons. The SMILES string of the molecule is Cc1nnc2nc(-c3ccc(NC(=O)C4CCCO4)cc3)cn2c1C. The Bertz CT molecular complexity index is 927. The lowest BCUT2D eigenvalue weighted by Crippen LogP contribution is -2.26. The lowest BCUT2D eigenvalue weighted by molar-refractivity contribution is -0.124. The van der Waals surface area contributed by atoms with Gasteiger partial charge < -0.3 is 10.1 Å². The Morgan fingerprint density at radius 2 is 2.04 bits per heavy atom. The molecule has 1 saturated heterocycles. The highest BCUT2D eigenvalue weighted by molar-refractivity contribution is 5.94. The highest BCUT2D eigenvalue weighted by atomic mass is 16.5. The van der Waals surface area contributed by atoms with Gasteiger partial charge in [0.15, 0.2) is 0 Å². The third-order valence-corrected chi connectivity index (χ3v) is 4.53. The van der Waals surface area contributed by atoms with Gasteiger partial charge in [-0.25, -0.2) is 4.98 Å². The summed E-state index contributed by atoms with van der Waals surface area (Å²) in [5, 5.41) is 11.1. The zero-order valence-electron chi connectivity index (χ0n) is 14.2. The quantitative estimate of drug-likeness (QED) is 0.794. The second kappa shape index (κ2) is 6.25. The van der Waals surface area contributed by atoms with Gasteiger partial charge in [0, 0.05) is 29.7 Å². The first-order chi connectivity index (χ1) is 12.1. The lowest BCUT2D eigenvalue weighted by atomic mass is 10.1. The van der Waals surface area contributed by atoms with E-state index in [2.05, 4.69) is 20.5 Å². The number of hydrogen-bond donors (Lipinski definition) is 1. The molecule has 1 fully saturated rings. The van der Waals surface area contributed by atoms with E-state index in [1.165, 1.54) is 0 Å². The number of imidazole rings is 1. The molecule has 3 aromatic rings. The molecular weight excluding hydrogens is 318 g/mol. The van der Waals surface area contributed by atoms with Gasteiger partial charge in [0.1, 0.15) is 6.10 Å². The van der Waals surface area contributed by atoms with Crippen LogP contribution in [0.3, 0.4) is 0 Å². The van der Waals surface area contributed by atoms with Crippen LogP contribution in [0.4, 0.5) is 5.69 Å². The van der Waals surface area contributed by atoms with Crippen molar-refractivity contribution in [2.75, 3.05) is 11.9 Å². The molecule has 4 rings (SSSR count). The number of benzene rings is 1. The lowest BCUT2D eigenvalue weighted by Gasteiger charge is -2.10. The largest absolute Gasteiger partial charge is 0.368 e. The smallest absolute Gasteiger partial charge is 0.254 e. The Balaban J connectivity index is 1.55. The van der Waals surface area contributed by atoms with Crippen LogP contribution >= 0.6 is 0 Å². The number of ether oxygens (including phenoxy) is 1. The molecule has 3 heterocycles. The minimum atomic E-state index is -0.331. The summed E-state index contributed by atoms with van der Waals surface area (Å²) >= 11 is 0. The van der Waals surface area contributed by atoms with E-state index in [4.69, 9.17) is 4.74 Å². The van der Waals surface area contributed by atoms with E-state index in [-0.39, 0.29) is 12.0 Å². The van der Waals surface area contributed by atoms with Crippen molar-refractivity contribution >= 4 is 17.4 Å². The molecule has 2 aromatic heterocycles. The van der Waals surface area contributed by atoms with Gasteiger partial charge in [-0.2, -0.15) is 5.10 Å². The first-order valence-corrected chi connectivity index (χ1v) is 8.34. The van der Waals surface area contributed by atoms with E-state index in [9.17, 15) is 4.79 Å². The van der Waals surface area contributed by atoms with Gasteiger partial charge >= 0.3 is 0 Å². The van der Waals surface area contributed by atoms with Crippen molar-refractivity contribution in [3.8, 4) is 11.3 Å². The molecule has 7 heteroatoms. The van der Waals surface area contributed by atoms with Crippen molar-refractivity contribution in [1.82, 2.24) is 19.6 Å². The number of anilines is 1. The number of aryl methyl sites for hydroxylation is 2. The number of carbonyl (C=O) groups excluding carboxylic acids is 1. The van der Waals surface area contributed by atoms with Crippen LogP contribution in [0.5, 0.6) is 0 Å². The van der Waals surface area contributed by atoms with Crippen LogP contribution in [-0.2, 0) is 9.53 Å². The van der Waals surface area contributed by atoms with Crippen LogP contribution in [0.2, 0.25) is 0 Å². The van der Waals surface area contributed by atoms with Gasteiger partial charge in [0.25, 0.3) is 11.7 Å². The molecular formula is C18H19N5O2. The Hall–Kier alpha value is -2.80. The first-order valence-electron chi connectivity index (χ1n) is 8.34. The predicted octanol–water partition coefficient (Wildman–Crippen LogP) is 2.53. The van der Waals surface area contributed by atoms with Crippen LogP contribution in [0, 0.1) is 13.8 Å². The monoisotopic (exact) mass is 337 g/mol. The van der Waals surface area contributed by atoms with Crippen LogP contribution in [0.15, 0.2) is 30.5 Å². The summed E-state index contributed by atoms with van der Waals surface area (Å²) in [4.78, 5) is 16.6. The van der Waals surface area contributed by atoms with Crippen LogP contribution in [0.25, 0.3) is 17.0 Å². The summed E-state index contributed by atoms with van der Waals surface area (Å²) in [7, 11) is 0. The molecule has 1 unspecified atom stereocenters.